The van der Waals surface area contributed by atoms with Gasteiger partial charge in [0.2, 0.25) is 0 Å². The number of halogens is 1. The van der Waals surface area contributed by atoms with Gasteiger partial charge in [-0.1, -0.05) is 37.5 Å². The molecule has 1 saturated carbocycles. The number of nitrogens with zero attached hydrogens (tertiary/aromatic N) is 2. The molecule has 0 bridgehead atoms. The molecule has 0 N–H and O–H groups in total. The van der Waals surface area contributed by atoms with Gasteiger partial charge >= 0.3 is 0 Å². The summed E-state index contributed by atoms with van der Waals surface area (Å²) in [4.78, 5) is 20.4. The van der Waals surface area contributed by atoms with Gasteiger partial charge in [0.05, 0.1) is 10.6 Å². The average molecular weight is 431 g/mol. The van der Waals surface area contributed by atoms with Gasteiger partial charge in [0, 0.05) is 12.1 Å². The van der Waals surface area contributed by atoms with Gasteiger partial charge in [0.15, 0.2) is 9.84 Å². The molecule has 134 valence electrons. The molecule has 1 aromatic heterocycles. The molecule has 0 spiro atoms. The molecule has 2 fully saturated rings. The normalized spacial score (nSPS) is 21.9. The summed E-state index contributed by atoms with van der Waals surface area (Å²) in [7, 11) is 0. The second kappa shape index (κ2) is 7.84. The van der Waals surface area contributed by atoms with E-state index in [0.717, 1.165) is 23.7 Å². The van der Waals surface area contributed by atoms with Crippen molar-refractivity contribution in [1.82, 2.24) is 4.90 Å². The lowest BCUT2D eigenvalue weighted by Gasteiger charge is -2.30. The number of hydrogen-bond acceptors (Lipinski definition) is 4. The summed E-state index contributed by atoms with van der Waals surface area (Å²) in [6, 6.07) is 13.7. The molecule has 0 radical (unpaired) electrons. The molecule has 0 unspecified atom stereocenters. The van der Waals surface area contributed by atoms with Crippen molar-refractivity contribution in [2.75, 3.05) is 0 Å². The van der Waals surface area contributed by atoms with Crippen molar-refractivity contribution >= 4 is 50.5 Å². The van der Waals surface area contributed by atoms with Gasteiger partial charge in [-0.2, -0.15) is 0 Å². The number of rotatable bonds is 3. The summed E-state index contributed by atoms with van der Waals surface area (Å²) in [5.74, 6) is 0.696. The minimum atomic E-state index is 0.0316. The van der Waals surface area contributed by atoms with Gasteiger partial charge in [-0.25, -0.2) is 4.99 Å². The van der Waals surface area contributed by atoms with Crippen molar-refractivity contribution in [3.8, 4) is 0 Å². The average Bonchev–Trinajstić information content (AvgIpc) is 3.20. The van der Waals surface area contributed by atoms with Crippen LogP contribution in [0.25, 0.3) is 6.08 Å². The van der Waals surface area contributed by atoms with E-state index < -0.39 is 0 Å². The third-order valence-corrected chi connectivity index (χ3v) is 6.03. The first kappa shape index (κ1) is 17.6. The fourth-order valence-corrected chi connectivity index (χ4v) is 4.73. The van der Waals surface area contributed by atoms with Crippen LogP contribution in [0.4, 0.5) is 5.69 Å². The third-order valence-electron chi connectivity index (χ3n) is 4.63. The molecular weight excluding hydrogens is 412 g/mol. The molecule has 0 atom stereocenters. The summed E-state index contributed by atoms with van der Waals surface area (Å²) in [5, 5.41) is 0.768. The zero-order valence-corrected chi connectivity index (χ0v) is 16.6. The van der Waals surface area contributed by atoms with E-state index in [0.29, 0.717) is 15.3 Å². The molecule has 26 heavy (non-hydrogen) atoms. The van der Waals surface area contributed by atoms with Crippen LogP contribution < -0.4 is 0 Å². The number of carbonyl (C=O) groups is 1. The first-order valence-corrected chi connectivity index (χ1v) is 10.4. The van der Waals surface area contributed by atoms with Crippen LogP contribution in [0.2, 0.25) is 0 Å². The Morgan fingerprint density at radius 1 is 1.12 bits per heavy atom. The van der Waals surface area contributed by atoms with E-state index in [1.54, 1.807) is 6.08 Å². The maximum Gasteiger partial charge on any atom is 0.267 e. The van der Waals surface area contributed by atoms with Crippen molar-refractivity contribution < 1.29 is 9.21 Å². The van der Waals surface area contributed by atoms with Crippen molar-refractivity contribution in [1.29, 1.82) is 0 Å². The molecule has 1 saturated heterocycles. The molecule has 2 aliphatic rings. The quantitative estimate of drug-likeness (QED) is 0.562. The SMILES string of the molecule is O=C1/C(=C/c2ccc(Br)o2)SC(=Nc2ccccc2)N1C1CCCCC1. The minimum Gasteiger partial charge on any atom is -0.450 e. The maximum absolute atomic E-state index is 13.1. The smallest absolute Gasteiger partial charge is 0.267 e. The van der Waals surface area contributed by atoms with Crippen LogP contribution in [0.5, 0.6) is 0 Å². The molecule has 2 heterocycles. The number of thioether (sulfide) groups is 1. The number of carbonyl (C=O) groups excluding carboxylic acids is 1. The maximum atomic E-state index is 13.1. The van der Waals surface area contributed by atoms with Crippen LogP contribution in [-0.4, -0.2) is 22.0 Å². The van der Waals surface area contributed by atoms with Crippen LogP contribution in [0.3, 0.4) is 0 Å². The molecule has 1 aliphatic heterocycles. The summed E-state index contributed by atoms with van der Waals surface area (Å²) in [6.45, 7) is 0. The Morgan fingerprint density at radius 3 is 2.58 bits per heavy atom. The fraction of sp³-hybridized carbons (Fsp3) is 0.300. The number of benzene rings is 1. The van der Waals surface area contributed by atoms with Gasteiger partial charge in [-0.05, 0) is 64.8 Å². The van der Waals surface area contributed by atoms with Crippen LogP contribution in [0.15, 0.2) is 61.4 Å². The number of hydrogen-bond donors (Lipinski definition) is 0. The first-order chi connectivity index (χ1) is 12.7. The van der Waals surface area contributed by atoms with E-state index in [1.165, 1.54) is 31.0 Å². The first-order valence-electron chi connectivity index (χ1n) is 8.83. The zero-order valence-electron chi connectivity index (χ0n) is 14.2. The van der Waals surface area contributed by atoms with Crippen LogP contribution >= 0.6 is 27.7 Å². The van der Waals surface area contributed by atoms with Crippen LogP contribution in [0.1, 0.15) is 37.9 Å². The van der Waals surface area contributed by atoms with Crippen molar-refractivity contribution in [2.24, 2.45) is 4.99 Å². The van der Waals surface area contributed by atoms with Crippen molar-refractivity contribution in [2.45, 2.75) is 38.1 Å². The molecule has 1 aliphatic carbocycles. The van der Waals surface area contributed by atoms with E-state index in [4.69, 9.17) is 9.41 Å². The highest BCUT2D eigenvalue weighted by molar-refractivity contribution is 9.10. The molecule has 4 rings (SSSR count). The summed E-state index contributed by atoms with van der Waals surface area (Å²) in [5.41, 5.74) is 0.866. The third kappa shape index (κ3) is 3.81. The second-order valence-corrected chi connectivity index (χ2v) is 8.24. The summed E-state index contributed by atoms with van der Waals surface area (Å²) < 4.78 is 6.20. The Morgan fingerprint density at radius 2 is 1.88 bits per heavy atom. The Hall–Kier alpha value is -1.79. The van der Waals surface area contributed by atoms with Crippen LogP contribution in [-0.2, 0) is 4.79 Å². The highest BCUT2D eigenvalue weighted by atomic mass is 79.9. The molecule has 1 amide bonds. The summed E-state index contributed by atoms with van der Waals surface area (Å²) >= 11 is 4.74. The van der Waals surface area contributed by atoms with E-state index in [-0.39, 0.29) is 11.9 Å². The van der Waals surface area contributed by atoms with Crippen molar-refractivity contribution in [3.63, 3.8) is 0 Å². The Kier molecular flexibility index (Phi) is 5.31. The molecular formula is C20H19BrN2O2S. The molecule has 6 heteroatoms. The zero-order chi connectivity index (χ0) is 17.9. The topological polar surface area (TPSA) is 45.8 Å². The Labute approximate surface area is 165 Å². The molecule has 2 aromatic rings. The fourth-order valence-electron chi connectivity index (χ4n) is 3.37. The Bertz CT molecular complexity index is 854. The van der Waals surface area contributed by atoms with Crippen molar-refractivity contribution in [3.05, 3.63) is 57.8 Å². The monoisotopic (exact) mass is 430 g/mol. The number of amidine groups is 1. The predicted molar refractivity (Wildman–Crippen MR) is 109 cm³/mol. The lowest BCUT2D eigenvalue weighted by molar-refractivity contribution is -0.124. The van der Waals surface area contributed by atoms with Gasteiger partial charge in [0.1, 0.15) is 5.76 Å². The minimum absolute atomic E-state index is 0.0316. The van der Waals surface area contributed by atoms with Crippen LogP contribution in [0, 0.1) is 0 Å². The number of furan rings is 1. The van der Waals surface area contributed by atoms with E-state index >= 15 is 0 Å². The highest BCUT2D eigenvalue weighted by Gasteiger charge is 2.38. The lowest BCUT2D eigenvalue weighted by Crippen LogP contribution is -2.40. The number of para-hydroxylation sites is 1. The predicted octanol–water partition coefficient (Wildman–Crippen LogP) is 5.98. The highest BCUT2D eigenvalue weighted by Crippen LogP contribution is 2.38. The van der Waals surface area contributed by atoms with Gasteiger partial charge in [-0.15, -0.1) is 0 Å². The number of aliphatic imine (C=N–C) groups is 1. The van der Waals surface area contributed by atoms with E-state index in [1.807, 2.05) is 47.4 Å². The van der Waals surface area contributed by atoms with E-state index in [2.05, 4.69) is 15.9 Å². The summed E-state index contributed by atoms with van der Waals surface area (Å²) in [6.07, 6.45) is 7.48. The lowest BCUT2D eigenvalue weighted by atomic mass is 9.94. The van der Waals surface area contributed by atoms with Gasteiger partial charge in [-0.3, -0.25) is 9.69 Å². The largest absolute Gasteiger partial charge is 0.450 e. The Balaban J connectivity index is 1.69. The molecule has 4 nitrogen and oxygen atoms in total. The van der Waals surface area contributed by atoms with Gasteiger partial charge < -0.3 is 4.42 Å². The second-order valence-electron chi connectivity index (χ2n) is 6.45. The van der Waals surface area contributed by atoms with E-state index in [9.17, 15) is 4.79 Å². The standard InChI is InChI=1S/C20H19BrN2O2S/c21-18-12-11-16(25-18)13-17-19(24)23(15-9-5-2-6-10-15)20(26-17)22-14-7-3-1-4-8-14/h1,3-4,7-8,11-13,15H,2,5-6,9-10H2/b17-13-,22-20?. The number of amides is 1. The molecule has 1 aromatic carbocycles. The van der Waals surface area contributed by atoms with Gasteiger partial charge in [0.25, 0.3) is 5.91 Å².